The minimum Gasteiger partial charge on any atom is -0.486 e. The van der Waals surface area contributed by atoms with Gasteiger partial charge in [-0.2, -0.15) is 13.2 Å². The molecule has 2 aromatic carbocycles. The maximum atomic E-state index is 12.6. The zero-order chi connectivity index (χ0) is 16.3. The van der Waals surface area contributed by atoms with E-state index in [1.165, 1.54) is 12.1 Å². The maximum Gasteiger partial charge on any atom is 0.416 e. The average molecular weight is 319 g/mol. The lowest BCUT2D eigenvalue weighted by Crippen LogP contribution is -2.05. The number of aromatic nitrogens is 1. The molecule has 3 aromatic rings. The molecule has 3 nitrogen and oxygen atoms in total. The van der Waals surface area contributed by atoms with Gasteiger partial charge in [-0.1, -0.05) is 41.6 Å². The first-order valence-electron chi connectivity index (χ1n) is 6.83. The molecule has 0 bridgehead atoms. The van der Waals surface area contributed by atoms with Crippen LogP contribution in [-0.2, 0) is 12.8 Å². The van der Waals surface area contributed by atoms with Gasteiger partial charge in [-0.05, 0) is 18.2 Å². The van der Waals surface area contributed by atoms with Gasteiger partial charge in [0.15, 0.2) is 5.76 Å². The molecule has 0 atom stereocenters. The highest BCUT2D eigenvalue weighted by Crippen LogP contribution is 2.31. The van der Waals surface area contributed by atoms with Crippen molar-refractivity contribution in [1.82, 2.24) is 5.16 Å². The second kappa shape index (κ2) is 6.16. The topological polar surface area (TPSA) is 35.3 Å². The van der Waals surface area contributed by atoms with Crippen molar-refractivity contribution in [2.45, 2.75) is 12.8 Å². The van der Waals surface area contributed by atoms with E-state index in [2.05, 4.69) is 5.16 Å². The van der Waals surface area contributed by atoms with Gasteiger partial charge in [-0.3, -0.25) is 0 Å². The van der Waals surface area contributed by atoms with Crippen LogP contribution in [0.1, 0.15) is 11.3 Å². The summed E-state index contributed by atoms with van der Waals surface area (Å²) in [6, 6.07) is 15.8. The fraction of sp³-hybridized carbons (Fsp3) is 0.118. The normalized spacial score (nSPS) is 11.4. The highest BCUT2D eigenvalue weighted by Gasteiger charge is 2.30. The van der Waals surface area contributed by atoms with Crippen LogP contribution in [-0.4, -0.2) is 5.16 Å². The van der Waals surface area contributed by atoms with Crippen LogP contribution in [0.15, 0.2) is 65.2 Å². The molecule has 0 saturated heterocycles. The van der Waals surface area contributed by atoms with Gasteiger partial charge in [0.1, 0.15) is 18.1 Å². The lowest BCUT2D eigenvalue weighted by atomic mass is 10.1. The Morgan fingerprint density at radius 1 is 0.957 bits per heavy atom. The molecular weight excluding hydrogens is 307 g/mol. The van der Waals surface area contributed by atoms with Gasteiger partial charge >= 0.3 is 6.18 Å². The second-order valence-electron chi connectivity index (χ2n) is 4.86. The van der Waals surface area contributed by atoms with Crippen LogP contribution in [0.5, 0.6) is 5.75 Å². The van der Waals surface area contributed by atoms with E-state index in [0.717, 1.165) is 17.7 Å². The fourth-order valence-electron chi connectivity index (χ4n) is 2.04. The first-order valence-corrected chi connectivity index (χ1v) is 6.83. The predicted molar refractivity (Wildman–Crippen MR) is 77.7 cm³/mol. The second-order valence-corrected chi connectivity index (χ2v) is 4.86. The summed E-state index contributed by atoms with van der Waals surface area (Å²) in [5.41, 5.74) is 0.785. The molecule has 0 radical (unpaired) electrons. The molecule has 0 unspecified atom stereocenters. The zero-order valence-corrected chi connectivity index (χ0v) is 11.9. The van der Waals surface area contributed by atoms with Crippen molar-refractivity contribution in [2.75, 3.05) is 0 Å². The molecule has 0 N–H and O–H groups in total. The third-order valence-electron chi connectivity index (χ3n) is 3.17. The zero-order valence-electron chi connectivity index (χ0n) is 11.9. The minimum absolute atomic E-state index is 0.00113. The van der Waals surface area contributed by atoms with Crippen LogP contribution in [0.3, 0.4) is 0 Å². The van der Waals surface area contributed by atoms with Crippen molar-refractivity contribution in [1.29, 1.82) is 0 Å². The van der Waals surface area contributed by atoms with Gasteiger partial charge in [0.25, 0.3) is 0 Å². The number of hydrogen-bond acceptors (Lipinski definition) is 3. The number of ether oxygens (including phenoxy) is 1. The standard InChI is InChI=1S/C17H12F3NO2/c18-17(19,20)13-7-4-8-14(9-13)22-11-15-10-16(21-23-15)12-5-2-1-3-6-12/h1-10H,11H2. The van der Waals surface area contributed by atoms with E-state index in [1.54, 1.807) is 6.07 Å². The van der Waals surface area contributed by atoms with Gasteiger partial charge in [-0.25, -0.2) is 0 Å². The monoisotopic (exact) mass is 319 g/mol. The van der Waals surface area contributed by atoms with Crippen molar-refractivity contribution < 1.29 is 22.4 Å². The Bertz CT molecular complexity index is 782. The molecule has 1 heterocycles. The third kappa shape index (κ3) is 3.71. The summed E-state index contributed by atoms with van der Waals surface area (Å²) in [7, 11) is 0. The van der Waals surface area contributed by atoms with Crippen molar-refractivity contribution in [2.24, 2.45) is 0 Å². The van der Waals surface area contributed by atoms with E-state index in [1.807, 2.05) is 30.3 Å². The minimum atomic E-state index is -4.40. The van der Waals surface area contributed by atoms with Crippen molar-refractivity contribution >= 4 is 0 Å². The lowest BCUT2D eigenvalue weighted by molar-refractivity contribution is -0.137. The molecule has 0 aliphatic carbocycles. The Hall–Kier alpha value is -2.76. The van der Waals surface area contributed by atoms with Crippen molar-refractivity contribution in [3.8, 4) is 17.0 Å². The highest BCUT2D eigenvalue weighted by molar-refractivity contribution is 5.58. The van der Waals surface area contributed by atoms with E-state index in [0.29, 0.717) is 11.5 Å². The summed E-state index contributed by atoms with van der Waals surface area (Å²) >= 11 is 0. The number of benzene rings is 2. The Morgan fingerprint density at radius 2 is 1.74 bits per heavy atom. The molecule has 118 valence electrons. The van der Waals surface area contributed by atoms with Crippen LogP contribution in [0.25, 0.3) is 11.3 Å². The molecule has 0 amide bonds. The van der Waals surface area contributed by atoms with E-state index in [-0.39, 0.29) is 12.4 Å². The molecule has 0 aliphatic rings. The van der Waals surface area contributed by atoms with E-state index in [4.69, 9.17) is 9.26 Å². The van der Waals surface area contributed by atoms with Crippen molar-refractivity contribution in [3.05, 3.63) is 72.0 Å². The van der Waals surface area contributed by atoms with Crippen LogP contribution >= 0.6 is 0 Å². The Kier molecular flexibility index (Phi) is 4.06. The van der Waals surface area contributed by atoms with Crippen LogP contribution in [0.4, 0.5) is 13.2 Å². The van der Waals surface area contributed by atoms with Crippen molar-refractivity contribution in [3.63, 3.8) is 0 Å². The number of alkyl halides is 3. The quantitative estimate of drug-likeness (QED) is 0.683. The van der Waals surface area contributed by atoms with E-state index >= 15 is 0 Å². The fourth-order valence-corrected chi connectivity index (χ4v) is 2.04. The first kappa shape index (κ1) is 15.1. The highest BCUT2D eigenvalue weighted by atomic mass is 19.4. The summed E-state index contributed by atoms with van der Waals surface area (Å²) in [4.78, 5) is 0. The van der Waals surface area contributed by atoms with Gasteiger partial charge < -0.3 is 9.26 Å². The van der Waals surface area contributed by atoms with Crippen LogP contribution in [0.2, 0.25) is 0 Å². The third-order valence-corrected chi connectivity index (χ3v) is 3.17. The Balaban J connectivity index is 1.69. The van der Waals surface area contributed by atoms with E-state index < -0.39 is 11.7 Å². The molecule has 0 fully saturated rings. The Morgan fingerprint density at radius 3 is 2.48 bits per heavy atom. The predicted octanol–water partition coefficient (Wildman–Crippen LogP) is 4.94. The van der Waals surface area contributed by atoms with Crippen LogP contribution in [0, 0.1) is 0 Å². The summed E-state index contributed by atoms with van der Waals surface area (Å²) < 4.78 is 48.4. The summed E-state index contributed by atoms with van der Waals surface area (Å²) in [5, 5.41) is 3.92. The molecule has 1 aromatic heterocycles. The molecular formula is C17H12F3NO2. The van der Waals surface area contributed by atoms with E-state index in [9.17, 15) is 13.2 Å². The molecule has 0 saturated carbocycles. The molecule has 0 spiro atoms. The smallest absolute Gasteiger partial charge is 0.416 e. The molecule has 3 rings (SSSR count). The maximum absolute atomic E-state index is 12.6. The number of rotatable bonds is 4. The molecule has 6 heteroatoms. The largest absolute Gasteiger partial charge is 0.486 e. The number of nitrogens with zero attached hydrogens (tertiary/aromatic N) is 1. The Labute approximate surface area is 130 Å². The van der Waals surface area contributed by atoms with Gasteiger partial charge in [-0.15, -0.1) is 0 Å². The average Bonchev–Trinajstić information content (AvgIpc) is 3.02. The molecule has 0 aliphatic heterocycles. The first-order chi connectivity index (χ1) is 11.0. The lowest BCUT2D eigenvalue weighted by Gasteiger charge is -2.09. The SMILES string of the molecule is FC(F)(F)c1cccc(OCc2cc(-c3ccccc3)no2)c1. The number of halogens is 3. The van der Waals surface area contributed by atoms with Gasteiger partial charge in [0.05, 0.1) is 5.56 Å². The van der Waals surface area contributed by atoms with Crippen LogP contribution < -0.4 is 4.74 Å². The summed E-state index contributed by atoms with van der Waals surface area (Å²) in [5.74, 6) is 0.554. The summed E-state index contributed by atoms with van der Waals surface area (Å²) in [6.45, 7) is 0.00113. The number of hydrogen-bond donors (Lipinski definition) is 0. The van der Waals surface area contributed by atoms with Gasteiger partial charge in [0, 0.05) is 11.6 Å². The molecule has 23 heavy (non-hydrogen) atoms. The summed E-state index contributed by atoms with van der Waals surface area (Å²) in [6.07, 6.45) is -4.40. The van der Waals surface area contributed by atoms with Gasteiger partial charge in [0.2, 0.25) is 0 Å².